The molecule has 0 aromatic heterocycles. The van der Waals surface area contributed by atoms with Gasteiger partial charge in [-0.1, -0.05) is 78.9 Å². The number of hydrogen-bond acceptors (Lipinski definition) is 8. The van der Waals surface area contributed by atoms with Crippen molar-refractivity contribution in [1.82, 2.24) is 5.06 Å². The molecule has 1 aliphatic heterocycles. The van der Waals surface area contributed by atoms with Crippen LogP contribution >= 0.6 is 0 Å². The number of amides is 1. The molecule has 224 valence electrons. The van der Waals surface area contributed by atoms with E-state index in [1.54, 1.807) is 20.8 Å². The van der Waals surface area contributed by atoms with E-state index in [2.05, 4.69) is 12.1 Å². The third-order valence-electron chi connectivity index (χ3n) is 7.92. The number of carbonyl (C=O) groups is 3. The maximum Gasteiger partial charge on any atom is 0.435 e. The molecule has 9 heteroatoms. The quantitative estimate of drug-likeness (QED) is 0.266. The Kier molecular flexibility index (Phi) is 7.70. The fourth-order valence-corrected chi connectivity index (χ4v) is 5.81. The standard InChI is InChI=1S/C34H35NO8/c1-33(2,3)42-30(36)23-17-34(18-23)41-21-29(31(37)39-19-22-11-5-4-6-12-22)35(43-34)32(38)40-20-28-26-15-9-7-13-24(26)25-14-8-10-16-27(25)28/h4-16,23,28-29H,17-21H2,1-3H3/t23?,29-,34?/m0/s1. The van der Waals surface area contributed by atoms with Crippen LogP contribution in [-0.4, -0.2) is 53.7 Å². The van der Waals surface area contributed by atoms with E-state index in [-0.39, 0.29) is 44.5 Å². The Morgan fingerprint density at radius 3 is 2.07 bits per heavy atom. The molecule has 2 aliphatic carbocycles. The van der Waals surface area contributed by atoms with Crippen molar-refractivity contribution in [2.24, 2.45) is 5.92 Å². The molecule has 9 nitrogen and oxygen atoms in total. The number of hydroxylamine groups is 2. The summed E-state index contributed by atoms with van der Waals surface area (Å²) in [5.41, 5.74) is 4.51. The third kappa shape index (κ3) is 6.00. The molecule has 2 fully saturated rings. The Morgan fingerprint density at radius 1 is 0.837 bits per heavy atom. The third-order valence-corrected chi connectivity index (χ3v) is 7.92. The second-order valence-corrected chi connectivity index (χ2v) is 12.2. The van der Waals surface area contributed by atoms with Gasteiger partial charge < -0.3 is 18.9 Å². The number of rotatable bonds is 6. The highest BCUT2D eigenvalue weighted by atomic mass is 16.8. The number of fused-ring (bicyclic) bond motifs is 3. The second kappa shape index (κ2) is 11.5. The van der Waals surface area contributed by atoms with Crippen LogP contribution in [0.4, 0.5) is 4.79 Å². The first-order valence-corrected chi connectivity index (χ1v) is 14.5. The van der Waals surface area contributed by atoms with Gasteiger partial charge in [0.1, 0.15) is 18.8 Å². The lowest BCUT2D eigenvalue weighted by Gasteiger charge is -2.51. The Morgan fingerprint density at radius 2 is 1.44 bits per heavy atom. The van der Waals surface area contributed by atoms with Crippen LogP contribution in [0.3, 0.4) is 0 Å². The first-order valence-electron chi connectivity index (χ1n) is 14.5. The summed E-state index contributed by atoms with van der Waals surface area (Å²) in [6, 6.07) is 24.1. The largest absolute Gasteiger partial charge is 0.460 e. The van der Waals surface area contributed by atoms with Crippen molar-refractivity contribution >= 4 is 18.0 Å². The van der Waals surface area contributed by atoms with Gasteiger partial charge >= 0.3 is 18.0 Å². The SMILES string of the molecule is CC(C)(C)OC(=O)C1CC2(C1)OC[C@@H](C(=O)OCc1ccccc1)N(C(=O)OCC1c3ccccc3-c3ccccc31)O2. The molecule has 1 saturated heterocycles. The molecule has 0 N–H and O–H groups in total. The predicted molar refractivity (Wildman–Crippen MR) is 155 cm³/mol. The summed E-state index contributed by atoms with van der Waals surface area (Å²) >= 11 is 0. The lowest BCUT2D eigenvalue weighted by atomic mass is 9.78. The average Bonchev–Trinajstić information content (AvgIpc) is 3.30. The van der Waals surface area contributed by atoms with Crippen molar-refractivity contribution < 1.29 is 38.2 Å². The second-order valence-electron chi connectivity index (χ2n) is 12.2. The van der Waals surface area contributed by atoms with Gasteiger partial charge in [-0.3, -0.25) is 4.79 Å². The molecule has 1 saturated carbocycles. The lowest BCUT2D eigenvalue weighted by Crippen LogP contribution is -2.64. The summed E-state index contributed by atoms with van der Waals surface area (Å²) in [6.45, 7) is 5.32. The number of benzene rings is 3. The van der Waals surface area contributed by atoms with E-state index in [1.165, 1.54) is 0 Å². The molecule has 0 bridgehead atoms. The van der Waals surface area contributed by atoms with Crippen molar-refractivity contribution in [1.29, 1.82) is 0 Å². The van der Waals surface area contributed by atoms with Gasteiger partial charge in [-0.2, -0.15) is 5.06 Å². The average molecular weight is 586 g/mol. The fourth-order valence-electron chi connectivity index (χ4n) is 5.81. The smallest absolute Gasteiger partial charge is 0.435 e. The lowest BCUT2D eigenvalue weighted by molar-refractivity contribution is -0.411. The van der Waals surface area contributed by atoms with E-state index in [4.69, 9.17) is 23.8 Å². The van der Waals surface area contributed by atoms with Gasteiger partial charge in [-0.15, -0.1) is 0 Å². The van der Waals surface area contributed by atoms with Crippen molar-refractivity contribution in [3.05, 3.63) is 95.6 Å². The summed E-state index contributed by atoms with van der Waals surface area (Å²) in [6.07, 6.45) is -0.464. The molecule has 1 amide bonds. The molecule has 3 aromatic rings. The molecule has 43 heavy (non-hydrogen) atoms. The number of carbonyl (C=O) groups excluding carboxylic acids is 3. The minimum atomic E-state index is -1.25. The highest BCUT2D eigenvalue weighted by Crippen LogP contribution is 2.47. The predicted octanol–water partition coefficient (Wildman–Crippen LogP) is 5.76. The Balaban J connectivity index is 1.17. The van der Waals surface area contributed by atoms with Crippen LogP contribution in [0.15, 0.2) is 78.9 Å². The monoisotopic (exact) mass is 585 g/mol. The maximum absolute atomic E-state index is 13.6. The van der Waals surface area contributed by atoms with E-state index in [0.29, 0.717) is 0 Å². The molecule has 0 unspecified atom stereocenters. The summed E-state index contributed by atoms with van der Waals surface area (Å²) in [5.74, 6) is -2.92. The minimum absolute atomic E-state index is 0.0283. The van der Waals surface area contributed by atoms with Crippen molar-refractivity contribution in [2.75, 3.05) is 13.2 Å². The topological polar surface area (TPSA) is 101 Å². The van der Waals surface area contributed by atoms with Crippen LogP contribution in [0.2, 0.25) is 0 Å². The zero-order valence-electron chi connectivity index (χ0n) is 24.5. The molecule has 3 aliphatic rings. The van der Waals surface area contributed by atoms with Crippen molar-refractivity contribution in [3.8, 4) is 11.1 Å². The normalized spacial score (nSPS) is 22.7. The Hall–Kier alpha value is -4.21. The zero-order valence-corrected chi connectivity index (χ0v) is 24.5. The van der Waals surface area contributed by atoms with Gasteiger partial charge in [0.25, 0.3) is 0 Å². The van der Waals surface area contributed by atoms with Crippen LogP contribution < -0.4 is 0 Å². The Bertz CT molecular complexity index is 1460. The molecule has 1 atom stereocenters. The summed E-state index contributed by atoms with van der Waals surface area (Å²) in [7, 11) is 0. The van der Waals surface area contributed by atoms with E-state index < -0.39 is 35.4 Å². The molecule has 3 aromatic carbocycles. The van der Waals surface area contributed by atoms with E-state index in [1.807, 2.05) is 66.7 Å². The maximum atomic E-state index is 13.6. The first-order chi connectivity index (χ1) is 20.6. The van der Waals surface area contributed by atoms with Gasteiger partial charge in [-0.25, -0.2) is 14.4 Å². The number of esters is 2. The molecular formula is C34H35NO8. The van der Waals surface area contributed by atoms with Crippen LogP contribution in [-0.2, 0) is 40.0 Å². The van der Waals surface area contributed by atoms with E-state index >= 15 is 0 Å². The van der Waals surface area contributed by atoms with Gasteiger partial charge in [0, 0.05) is 18.8 Å². The molecule has 1 heterocycles. The molecule has 0 radical (unpaired) electrons. The van der Waals surface area contributed by atoms with Crippen LogP contribution in [0, 0.1) is 5.92 Å². The van der Waals surface area contributed by atoms with Crippen molar-refractivity contribution in [2.45, 2.75) is 63.6 Å². The summed E-state index contributed by atoms with van der Waals surface area (Å²) in [5, 5.41) is 0.925. The highest BCUT2D eigenvalue weighted by Gasteiger charge is 2.58. The van der Waals surface area contributed by atoms with Gasteiger partial charge in [0.05, 0.1) is 12.5 Å². The zero-order chi connectivity index (χ0) is 30.2. The summed E-state index contributed by atoms with van der Waals surface area (Å²) < 4.78 is 22.8. The highest BCUT2D eigenvalue weighted by molar-refractivity contribution is 5.82. The van der Waals surface area contributed by atoms with Gasteiger partial charge in [0.15, 0.2) is 11.8 Å². The fraction of sp³-hybridized carbons (Fsp3) is 0.382. The molecular weight excluding hydrogens is 550 g/mol. The van der Waals surface area contributed by atoms with Crippen molar-refractivity contribution in [3.63, 3.8) is 0 Å². The van der Waals surface area contributed by atoms with E-state index in [0.717, 1.165) is 32.9 Å². The van der Waals surface area contributed by atoms with Gasteiger partial charge in [0.2, 0.25) is 0 Å². The Labute approximate surface area is 250 Å². The van der Waals surface area contributed by atoms with Gasteiger partial charge in [-0.05, 0) is 48.6 Å². The van der Waals surface area contributed by atoms with E-state index in [9.17, 15) is 14.4 Å². The number of nitrogens with zero attached hydrogens (tertiary/aromatic N) is 1. The molecule has 6 rings (SSSR count). The number of hydrogen-bond donors (Lipinski definition) is 0. The van der Waals surface area contributed by atoms with Crippen LogP contribution in [0.25, 0.3) is 11.1 Å². The van der Waals surface area contributed by atoms with Crippen LogP contribution in [0.5, 0.6) is 0 Å². The van der Waals surface area contributed by atoms with Crippen LogP contribution in [0.1, 0.15) is 56.2 Å². The first kappa shape index (κ1) is 28.9. The number of ether oxygens (including phenoxy) is 4. The summed E-state index contributed by atoms with van der Waals surface area (Å²) in [4.78, 5) is 45.5. The minimum Gasteiger partial charge on any atom is -0.460 e. The molecule has 1 spiro atoms.